The normalized spacial score (nSPS) is 29.6. The molecule has 6 aliphatic carbocycles. The number of rotatable bonds is 2. The Morgan fingerprint density at radius 2 is 0.983 bits per heavy atom. The van der Waals surface area contributed by atoms with Gasteiger partial charge in [0, 0.05) is 32.6 Å². The molecule has 3 fully saturated rings. The van der Waals surface area contributed by atoms with Gasteiger partial charge in [0.15, 0.2) is 0 Å². The van der Waals surface area contributed by atoms with E-state index in [-0.39, 0.29) is 29.4 Å². The molecule has 1 aromatic heterocycles. The zero-order valence-corrected chi connectivity index (χ0v) is 32.2. The molecule has 7 aromatic rings. The Labute approximate surface area is 333 Å². The van der Waals surface area contributed by atoms with Crippen molar-refractivity contribution in [1.29, 1.82) is 0 Å². The number of hydrogen-bond acceptors (Lipinski definition) is 4. The summed E-state index contributed by atoms with van der Waals surface area (Å²) >= 11 is 0. The summed E-state index contributed by atoms with van der Waals surface area (Å²) in [4.78, 5) is 0. The third kappa shape index (κ3) is 3.96. The summed E-state index contributed by atoms with van der Waals surface area (Å²) in [5.41, 5.74) is 5.55. The van der Waals surface area contributed by atoms with E-state index in [0.29, 0.717) is 35.0 Å². The molecule has 288 valence electrons. The zero-order chi connectivity index (χ0) is 39.0. The predicted octanol–water partition coefficient (Wildman–Crippen LogP) is 12.6. The van der Waals surface area contributed by atoms with Crippen LogP contribution in [0.2, 0.25) is 0 Å². The van der Waals surface area contributed by atoms with Gasteiger partial charge < -0.3 is 8.60 Å². The van der Waals surface area contributed by atoms with Gasteiger partial charge >= 0.3 is 15.6 Å². The van der Waals surface area contributed by atoms with Crippen molar-refractivity contribution in [2.24, 2.45) is 5.92 Å². The SMILES string of the molecule is O=S(=O)(Oc1ccc2oc3cccc4c3c2c1C12CC3CC5(CC6CC(CC4C1)(c1ccccc1-c1ccccc16)C52)c1ccccc1-c1ccccc13)C(F)(F)F. The minimum absolute atomic E-state index is 0.00377. The Balaban J connectivity index is 1.24. The molecule has 7 atom stereocenters. The van der Waals surface area contributed by atoms with E-state index < -0.39 is 31.9 Å². The predicted molar refractivity (Wildman–Crippen MR) is 218 cm³/mol. The summed E-state index contributed by atoms with van der Waals surface area (Å²) < 4.78 is 82.0. The van der Waals surface area contributed by atoms with Gasteiger partial charge in [-0.3, -0.25) is 0 Å². The molecule has 0 N–H and O–H groups in total. The first-order valence-electron chi connectivity index (χ1n) is 20.4. The maximum absolute atomic E-state index is 14.5. The Kier molecular flexibility index (Phi) is 6.27. The lowest BCUT2D eigenvalue weighted by Crippen LogP contribution is -2.67. The second kappa shape index (κ2) is 10.8. The van der Waals surface area contributed by atoms with Crippen molar-refractivity contribution in [3.8, 4) is 28.0 Å². The van der Waals surface area contributed by atoms with Crippen molar-refractivity contribution in [2.45, 2.75) is 78.0 Å². The Hall–Kier alpha value is -5.34. The molecule has 6 aromatic carbocycles. The van der Waals surface area contributed by atoms with Gasteiger partial charge in [-0.25, -0.2) is 0 Å². The van der Waals surface area contributed by atoms with Gasteiger partial charge in [0.1, 0.15) is 16.9 Å². The van der Waals surface area contributed by atoms with Crippen LogP contribution in [-0.2, 0) is 26.4 Å². The lowest BCUT2D eigenvalue weighted by molar-refractivity contribution is -0.0792. The lowest BCUT2D eigenvalue weighted by atomic mass is 9.32. The van der Waals surface area contributed by atoms with Crippen LogP contribution >= 0.6 is 0 Å². The average molecular weight is 791 g/mol. The largest absolute Gasteiger partial charge is 0.534 e. The molecule has 7 unspecified atom stereocenters. The van der Waals surface area contributed by atoms with Crippen molar-refractivity contribution in [1.82, 2.24) is 0 Å². The summed E-state index contributed by atoms with van der Waals surface area (Å²) in [6, 6.07) is 44.5. The maximum Gasteiger partial charge on any atom is 0.534 e. The van der Waals surface area contributed by atoms with E-state index in [9.17, 15) is 21.6 Å². The molecule has 6 aliphatic rings. The fourth-order valence-corrected chi connectivity index (χ4v) is 15.1. The topological polar surface area (TPSA) is 56.5 Å². The first kappa shape index (κ1) is 33.6. The van der Waals surface area contributed by atoms with E-state index >= 15 is 0 Å². The first-order valence-corrected chi connectivity index (χ1v) is 21.8. The summed E-state index contributed by atoms with van der Waals surface area (Å²) in [5, 5.41) is 1.56. The molecular formula is C50H37F3O4S. The monoisotopic (exact) mass is 790 g/mol. The van der Waals surface area contributed by atoms with Crippen LogP contribution in [-0.4, -0.2) is 13.9 Å². The van der Waals surface area contributed by atoms with Crippen LogP contribution in [0.3, 0.4) is 0 Å². The molecule has 1 heterocycles. The number of halogens is 3. The number of furan rings is 1. The molecule has 8 heteroatoms. The second-order valence-corrected chi connectivity index (χ2v) is 19.6. The molecule has 3 saturated carbocycles. The number of fused-ring (bicyclic) bond motifs is 12. The second-order valence-electron chi connectivity index (χ2n) is 18.1. The maximum atomic E-state index is 14.5. The zero-order valence-electron chi connectivity index (χ0n) is 31.4. The van der Waals surface area contributed by atoms with E-state index in [1.807, 2.05) is 12.1 Å². The van der Waals surface area contributed by atoms with E-state index in [4.69, 9.17) is 8.60 Å². The van der Waals surface area contributed by atoms with Gasteiger partial charge in [-0.1, -0.05) is 109 Å². The van der Waals surface area contributed by atoms with Crippen molar-refractivity contribution in [3.05, 3.63) is 161 Å². The molecule has 0 aliphatic heterocycles. The highest BCUT2D eigenvalue weighted by molar-refractivity contribution is 7.88. The van der Waals surface area contributed by atoms with E-state index in [1.54, 1.807) is 6.07 Å². The molecule has 6 bridgehead atoms. The summed E-state index contributed by atoms with van der Waals surface area (Å²) in [6.45, 7) is 0. The number of benzene rings is 6. The van der Waals surface area contributed by atoms with Gasteiger partial charge in [-0.05, 0) is 130 Å². The van der Waals surface area contributed by atoms with Crippen molar-refractivity contribution >= 4 is 32.1 Å². The van der Waals surface area contributed by atoms with Crippen molar-refractivity contribution in [3.63, 3.8) is 0 Å². The number of hydrogen-bond donors (Lipinski definition) is 0. The molecule has 3 spiro atoms. The van der Waals surface area contributed by atoms with Gasteiger partial charge in [-0.15, -0.1) is 0 Å². The van der Waals surface area contributed by atoms with Crippen LogP contribution in [0.5, 0.6) is 5.75 Å². The molecule has 0 amide bonds. The van der Waals surface area contributed by atoms with Crippen molar-refractivity contribution in [2.75, 3.05) is 0 Å². The molecule has 13 rings (SSSR count). The Morgan fingerprint density at radius 3 is 1.55 bits per heavy atom. The van der Waals surface area contributed by atoms with Crippen LogP contribution in [0.25, 0.3) is 44.2 Å². The summed E-state index contributed by atoms with van der Waals surface area (Å²) in [5.74, 6) is -0.159. The third-order valence-corrected chi connectivity index (χ3v) is 16.7. The fourth-order valence-electron chi connectivity index (χ4n) is 14.6. The smallest absolute Gasteiger partial charge is 0.456 e. The summed E-state index contributed by atoms with van der Waals surface area (Å²) in [6.07, 6.45) is 4.74. The summed E-state index contributed by atoms with van der Waals surface area (Å²) in [7, 11) is -6.03. The minimum Gasteiger partial charge on any atom is -0.456 e. The lowest BCUT2D eigenvalue weighted by Gasteiger charge is -2.70. The molecule has 0 radical (unpaired) electrons. The highest BCUT2D eigenvalue weighted by Gasteiger charge is 2.73. The highest BCUT2D eigenvalue weighted by atomic mass is 32.2. The minimum atomic E-state index is -6.03. The van der Waals surface area contributed by atoms with E-state index in [1.165, 1.54) is 50.6 Å². The van der Waals surface area contributed by atoms with Gasteiger partial charge in [-0.2, -0.15) is 21.6 Å². The molecular weight excluding hydrogens is 754 g/mol. The average Bonchev–Trinajstić information content (AvgIpc) is 3.49. The van der Waals surface area contributed by atoms with Crippen LogP contribution in [0.4, 0.5) is 13.2 Å². The van der Waals surface area contributed by atoms with Crippen molar-refractivity contribution < 1.29 is 30.2 Å². The standard InChI is InChI=1S/C50H37F3O4S/c51-50(52,53)58(54,55)57-42-21-20-41-44-43-33(16-9-19-40(43)56-41)30-25-48-23-28(31-10-1-3-12-34(31)36-14-6-8-18-39(36)48)22-47-24-29(26-49(27-30,45(42)44)46(47)48)32-11-2-4-13-35(32)37-15-5-7-17-38(37)47/h1-21,28-30,46H,22-27H2. The van der Waals surface area contributed by atoms with E-state index in [2.05, 4.69) is 103 Å². The fraction of sp³-hybridized carbons (Fsp3) is 0.280. The van der Waals surface area contributed by atoms with Gasteiger partial charge in [0.2, 0.25) is 0 Å². The number of alkyl halides is 3. The Bertz CT molecular complexity index is 3080. The van der Waals surface area contributed by atoms with Crippen LogP contribution in [0.1, 0.15) is 89.7 Å². The first-order chi connectivity index (χ1) is 28.0. The van der Waals surface area contributed by atoms with Crippen LogP contribution < -0.4 is 4.18 Å². The molecule has 58 heavy (non-hydrogen) atoms. The van der Waals surface area contributed by atoms with Crippen LogP contribution in [0, 0.1) is 5.92 Å². The third-order valence-electron chi connectivity index (χ3n) is 15.7. The van der Waals surface area contributed by atoms with Crippen LogP contribution in [0.15, 0.2) is 132 Å². The highest BCUT2D eigenvalue weighted by Crippen LogP contribution is 2.79. The molecule has 4 nitrogen and oxygen atoms in total. The Morgan fingerprint density at radius 1 is 0.517 bits per heavy atom. The van der Waals surface area contributed by atoms with Gasteiger partial charge in [0.05, 0.1) is 0 Å². The van der Waals surface area contributed by atoms with E-state index in [0.717, 1.165) is 36.6 Å². The quantitative estimate of drug-likeness (QED) is 0.129. The van der Waals surface area contributed by atoms with Gasteiger partial charge in [0.25, 0.3) is 0 Å². The molecule has 0 saturated heterocycles.